The summed E-state index contributed by atoms with van der Waals surface area (Å²) in [5, 5.41) is 4.57. The van der Waals surface area contributed by atoms with E-state index in [4.69, 9.17) is 4.74 Å². The fourth-order valence-electron chi connectivity index (χ4n) is 4.37. The number of anilines is 1. The van der Waals surface area contributed by atoms with Crippen molar-refractivity contribution < 1.29 is 21.6 Å². The van der Waals surface area contributed by atoms with Crippen LogP contribution in [0, 0.1) is 0 Å². The highest BCUT2D eigenvalue weighted by molar-refractivity contribution is 7.92. The Bertz CT molecular complexity index is 1690. The lowest BCUT2D eigenvalue weighted by atomic mass is 9.97. The maximum absolute atomic E-state index is 13.8. The summed E-state index contributed by atoms with van der Waals surface area (Å²) in [6.07, 6.45) is 0.205. The van der Waals surface area contributed by atoms with Gasteiger partial charge in [0.15, 0.2) is 0 Å². The number of nitrogens with one attached hydrogen (secondary N) is 1. The van der Waals surface area contributed by atoms with Crippen molar-refractivity contribution in [2.75, 3.05) is 11.8 Å². The number of hydrogen-bond acceptors (Lipinski definition) is 6. The molecule has 10 heteroatoms. The SMILES string of the molecule is COc1ccccc1[C@@H]1CC(c2ccccc2NS(=O)(=O)c2ccccc2)=NN1S(=O)(=O)c1ccccc1. The molecule has 0 saturated heterocycles. The summed E-state index contributed by atoms with van der Waals surface area (Å²) in [5.41, 5.74) is 1.85. The molecule has 1 aliphatic heterocycles. The predicted octanol–water partition coefficient (Wildman–Crippen LogP) is 5.04. The second kappa shape index (κ2) is 10.3. The minimum atomic E-state index is -4.04. The second-order valence-electron chi connectivity index (χ2n) is 8.56. The third kappa shape index (κ3) is 4.88. The third-order valence-electron chi connectivity index (χ3n) is 6.19. The Balaban J connectivity index is 1.60. The first-order chi connectivity index (χ1) is 18.3. The third-order valence-corrected chi connectivity index (χ3v) is 9.27. The highest BCUT2D eigenvalue weighted by Gasteiger charge is 2.39. The maximum Gasteiger partial charge on any atom is 0.279 e. The molecule has 0 radical (unpaired) electrons. The molecule has 8 nitrogen and oxygen atoms in total. The molecular weight excluding hydrogens is 522 g/mol. The summed E-state index contributed by atoms with van der Waals surface area (Å²) in [5.74, 6) is 0.528. The molecule has 1 atom stereocenters. The van der Waals surface area contributed by atoms with Gasteiger partial charge in [-0.25, -0.2) is 8.42 Å². The summed E-state index contributed by atoms with van der Waals surface area (Å²) >= 11 is 0. The van der Waals surface area contributed by atoms with E-state index in [-0.39, 0.29) is 16.2 Å². The molecule has 38 heavy (non-hydrogen) atoms. The van der Waals surface area contributed by atoms with Gasteiger partial charge >= 0.3 is 0 Å². The van der Waals surface area contributed by atoms with E-state index < -0.39 is 26.1 Å². The number of para-hydroxylation sites is 2. The smallest absolute Gasteiger partial charge is 0.279 e. The van der Waals surface area contributed by atoms with Crippen LogP contribution in [0.2, 0.25) is 0 Å². The minimum Gasteiger partial charge on any atom is -0.496 e. The fraction of sp³-hybridized carbons (Fsp3) is 0.107. The average molecular weight is 548 g/mol. The first-order valence-corrected chi connectivity index (χ1v) is 14.7. The number of nitrogens with zero attached hydrogens (tertiary/aromatic N) is 2. The topological polar surface area (TPSA) is 105 Å². The van der Waals surface area contributed by atoms with Gasteiger partial charge in [-0.15, -0.1) is 0 Å². The number of hydrogen-bond donors (Lipinski definition) is 1. The first kappa shape index (κ1) is 25.5. The zero-order valence-electron chi connectivity index (χ0n) is 20.4. The van der Waals surface area contributed by atoms with Crippen molar-refractivity contribution in [2.45, 2.75) is 22.3 Å². The molecule has 1 N–H and O–H groups in total. The van der Waals surface area contributed by atoms with Crippen molar-refractivity contribution in [1.29, 1.82) is 0 Å². The Kier molecular flexibility index (Phi) is 6.92. The van der Waals surface area contributed by atoms with Crippen molar-refractivity contribution >= 4 is 31.4 Å². The molecule has 0 spiro atoms. The van der Waals surface area contributed by atoms with Crippen LogP contribution in [-0.4, -0.2) is 34.1 Å². The number of rotatable bonds is 8. The van der Waals surface area contributed by atoms with Crippen LogP contribution in [0.1, 0.15) is 23.6 Å². The molecule has 0 saturated carbocycles. The van der Waals surface area contributed by atoms with Crippen LogP contribution in [-0.2, 0) is 20.0 Å². The number of hydrazone groups is 1. The van der Waals surface area contributed by atoms with E-state index in [0.717, 1.165) is 4.41 Å². The minimum absolute atomic E-state index is 0.1000. The molecule has 4 aromatic carbocycles. The lowest BCUT2D eigenvalue weighted by Gasteiger charge is -2.24. The maximum atomic E-state index is 13.8. The summed E-state index contributed by atoms with van der Waals surface area (Å²) in [6, 6.07) is 29.4. The average Bonchev–Trinajstić information content (AvgIpc) is 3.40. The van der Waals surface area contributed by atoms with Gasteiger partial charge < -0.3 is 4.74 Å². The molecule has 0 amide bonds. The molecule has 1 aliphatic rings. The van der Waals surface area contributed by atoms with Crippen LogP contribution < -0.4 is 9.46 Å². The molecular formula is C28H25N3O5S2. The zero-order chi connectivity index (χ0) is 26.8. The summed E-state index contributed by atoms with van der Waals surface area (Å²) in [7, 11) is -6.40. The van der Waals surface area contributed by atoms with Crippen LogP contribution in [0.5, 0.6) is 5.75 Å². The molecule has 0 unspecified atom stereocenters. The van der Waals surface area contributed by atoms with Gasteiger partial charge in [0.2, 0.25) is 0 Å². The zero-order valence-corrected chi connectivity index (χ0v) is 22.1. The van der Waals surface area contributed by atoms with Crippen molar-refractivity contribution in [2.24, 2.45) is 5.10 Å². The Morgan fingerprint density at radius 2 is 1.34 bits per heavy atom. The Morgan fingerprint density at radius 3 is 2.03 bits per heavy atom. The van der Waals surface area contributed by atoms with Crippen molar-refractivity contribution in [3.8, 4) is 5.75 Å². The highest BCUT2D eigenvalue weighted by Crippen LogP contribution is 2.41. The normalized spacial score (nSPS) is 15.7. The fourth-order valence-corrected chi connectivity index (χ4v) is 6.92. The predicted molar refractivity (Wildman–Crippen MR) is 146 cm³/mol. The van der Waals surface area contributed by atoms with E-state index in [1.165, 1.54) is 31.4 Å². The van der Waals surface area contributed by atoms with Crippen molar-refractivity contribution in [1.82, 2.24) is 4.41 Å². The van der Waals surface area contributed by atoms with E-state index in [1.54, 1.807) is 72.8 Å². The van der Waals surface area contributed by atoms with Gasteiger partial charge in [-0.05, 0) is 36.4 Å². The number of ether oxygens (including phenoxy) is 1. The van der Waals surface area contributed by atoms with Gasteiger partial charge in [0.1, 0.15) is 5.75 Å². The highest BCUT2D eigenvalue weighted by atomic mass is 32.2. The van der Waals surface area contributed by atoms with Gasteiger partial charge in [0.25, 0.3) is 20.0 Å². The van der Waals surface area contributed by atoms with Crippen LogP contribution in [0.3, 0.4) is 0 Å². The Morgan fingerprint density at radius 1 is 0.763 bits per heavy atom. The molecule has 194 valence electrons. The lowest BCUT2D eigenvalue weighted by molar-refractivity contribution is 0.350. The lowest BCUT2D eigenvalue weighted by Crippen LogP contribution is -2.27. The molecule has 0 fully saturated rings. The molecule has 1 heterocycles. The van der Waals surface area contributed by atoms with E-state index in [2.05, 4.69) is 9.82 Å². The monoisotopic (exact) mass is 547 g/mol. The van der Waals surface area contributed by atoms with E-state index >= 15 is 0 Å². The van der Waals surface area contributed by atoms with Gasteiger partial charge in [0, 0.05) is 17.5 Å². The Labute approximate surface area is 222 Å². The van der Waals surface area contributed by atoms with Gasteiger partial charge in [-0.2, -0.15) is 17.9 Å². The summed E-state index contributed by atoms with van der Waals surface area (Å²) < 4.78 is 62.9. The van der Waals surface area contributed by atoms with Crippen LogP contribution >= 0.6 is 0 Å². The largest absolute Gasteiger partial charge is 0.496 e. The first-order valence-electron chi connectivity index (χ1n) is 11.8. The molecule has 4 aromatic rings. The standard InChI is InChI=1S/C28H25N3O5S2/c1-36-28-19-11-9-17-24(28)27-20-26(29-31(27)38(34,35)22-14-6-3-7-15-22)23-16-8-10-18-25(23)30-37(32,33)21-12-4-2-5-13-21/h2-19,27,30H,20H2,1H3/t27-/m0/s1. The number of methoxy groups -OCH3 is 1. The van der Waals surface area contributed by atoms with E-state index in [1.807, 2.05) is 12.1 Å². The van der Waals surface area contributed by atoms with Crippen molar-refractivity contribution in [3.63, 3.8) is 0 Å². The molecule has 0 aliphatic carbocycles. The van der Waals surface area contributed by atoms with E-state index in [0.29, 0.717) is 28.3 Å². The van der Waals surface area contributed by atoms with Gasteiger partial charge in [0.05, 0.1) is 34.3 Å². The second-order valence-corrected chi connectivity index (χ2v) is 12.0. The van der Waals surface area contributed by atoms with Crippen molar-refractivity contribution in [3.05, 3.63) is 120 Å². The van der Waals surface area contributed by atoms with Crippen LogP contribution in [0.4, 0.5) is 5.69 Å². The molecule has 5 rings (SSSR count). The van der Waals surface area contributed by atoms with Crippen LogP contribution in [0.25, 0.3) is 0 Å². The number of sulfonamides is 2. The number of benzene rings is 4. The van der Waals surface area contributed by atoms with Gasteiger partial charge in [-0.1, -0.05) is 72.8 Å². The quantitative estimate of drug-likeness (QED) is 0.333. The van der Waals surface area contributed by atoms with E-state index in [9.17, 15) is 16.8 Å². The van der Waals surface area contributed by atoms with Gasteiger partial charge in [-0.3, -0.25) is 4.72 Å². The molecule has 0 aromatic heterocycles. The summed E-state index contributed by atoms with van der Waals surface area (Å²) in [6.45, 7) is 0. The molecule has 0 bridgehead atoms. The van der Waals surface area contributed by atoms with Crippen LogP contribution in [0.15, 0.2) is 124 Å². The summed E-state index contributed by atoms with van der Waals surface area (Å²) in [4.78, 5) is 0.214. The Hall–Kier alpha value is -4.15.